The summed E-state index contributed by atoms with van der Waals surface area (Å²) in [4.78, 5) is 0. The van der Waals surface area contributed by atoms with Crippen LogP contribution in [0.1, 0.15) is 53.4 Å². The van der Waals surface area contributed by atoms with E-state index in [0.29, 0.717) is 12.8 Å². The van der Waals surface area contributed by atoms with Gasteiger partial charge in [-0.1, -0.05) is 26.7 Å². The minimum atomic E-state index is -4.38. The number of aliphatic hydroxyl groups is 2. The van der Waals surface area contributed by atoms with E-state index in [2.05, 4.69) is 0 Å². The second kappa shape index (κ2) is 13.4. The highest BCUT2D eigenvalue weighted by molar-refractivity contribution is 7.62. The Morgan fingerprint density at radius 1 is 0.760 bits per heavy atom. The summed E-state index contributed by atoms with van der Waals surface area (Å²) in [6.07, 6.45) is 0.908. The first-order chi connectivity index (χ1) is 11.7. The van der Waals surface area contributed by atoms with Crippen molar-refractivity contribution in [1.82, 2.24) is 0 Å². The van der Waals surface area contributed by atoms with E-state index in [1.165, 1.54) is 13.8 Å². The van der Waals surface area contributed by atoms with Crippen molar-refractivity contribution in [1.29, 1.82) is 0 Å². The van der Waals surface area contributed by atoms with Gasteiger partial charge in [-0.3, -0.25) is 18.1 Å². The van der Waals surface area contributed by atoms with E-state index in [9.17, 15) is 19.3 Å². The molecule has 0 radical (unpaired) electrons. The van der Waals surface area contributed by atoms with Crippen molar-refractivity contribution < 1.29 is 41.7 Å². The maximum absolute atomic E-state index is 12.7. The lowest BCUT2D eigenvalue weighted by molar-refractivity contribution is 0.0516. The molecule has 0 aliphatic rings. The molecule has 2 N–H and O–H groups in total. The SMILES string of the molecule is CCCCOP(=O)(OCCCC)OP(=O)(OCC(C)O)OCC(C)O. The summed E-state index contributed by atoms with van der Waals surface area (Å²) < 4.78 is 50.7. The van der Waals surface area contributed by atoms with Gasteiger partial charge in [-0.25, -0.2) is 9.13 Å². The van der Waals surface area contributed by atoms with E-state index in [1.54, 1.807) is 0 Å². The van der Waals surface area contributed by atoms with Gasteiger partial charge in [-0.05, 0) is 26.7 Å². The Morgan fingerprint density at radius 2 is 1.12 bits per heavy atom. The molecule has 0 fully saturated rings. The van der Waals surface area contributed by atoms with Crippen molar-refractivity contribution in [2.45, 2.75) is 65.6 Å². The quantitative estimate of drug-likeness (QED) is 0.292. The molecule has 0 bridgehead atoms. The zero-order chi connectivity index (χ0) is 19.3. The molecule has 11 heteroatoms. The molecule has 0 spiro atoms. The summed E-state index contributed by atoms with van der Waals surface area (Å²) in [5.41, 5.74) is 0. The van der Waals surface area contributed by atoms with E-state index in [0.717, 1.165) is 12.8 Å². The van der Waals surface area contributed by atoms with E-state index < -0.39 is 27.9 Å². The largest absolute Gasteiger partial charge is 0.483 e. The molecule has 0 heterocycles. The number of unbranched alkanes of at least 4 members (excludes halogenated alkanes) is 2. The monoisotopic (exact) mass is 406 g/mol. The van der Waals surface area contributed by atoms with Gasteiger partial charge in [0.2, 0.25) is 0 Å². The molecule has 2 atom stereocenters. The Kier molecular flexibility index (Phi) is 13.5. The van der Waals surface area contributed by atoms with Crippen LogP contribution in [0.3, 0.4) is 0 Å². The molecule has 0 aliphatic carbocycles. The second-order valence-corrected chi connectivity index (χ2v) is 9.11. The van der Waals surface area contributed by atoms with Crippen molar-refractivity contribution in [2.75, 3.05) is 26.4 Å². The summed E-state index contributed by atoms with van der Waals surface area (Å²) in [7, 11) is -8.58. The Bertz CT molecular complexity index is 399. The van der Waals surface area contributed by atoms with Crippen LogP contribution in [0.15, 0.2) is 0 Å². The fourth-order valence-corrected chi connectivity index (χ4v) is 4.72. The summed E-state index contributed by atoms with van der Waals surface area (Å²) in [6, 6.07) is 0. The number of phosphoric ester groups is 2. The molecule has 0 aromatic rings. The van der Waals surface area contributed by atoms with Gasteiger partial charge >= 0.3 is 15.6 Å². The van der Waals surface area contributed by atoms with Crippen LogP contribution in [0.5, 0.6) is 0 Å². The lowest BCUT2D eigenvalue weighted by atomic mass is 10.4. The third-order valence-corrected chi connectivity index (χ3v) is 6.17. The van der Waals surface area contributed by atoms with Crippen molar-refractivity contribution in [2.24, 2.45) is 0 Å². The molecule has 152 valence electrons. The fraction of sp³-hybridized carbons (Fsp3) is 1.00. The Morgan fingerprint density at radius 3 is 1.44 bits per heavy atom. The molecule has 0 aliphatic heterocycles. The van der Waals surface area contributed by atoms with Crippen LogP contribution in [0.4, 0.5) is 0 Å². The van der Waals surface area contributed by atoms with Crippen LogP contribution < -0.4 is 0 Å². The Labute approximate surface area is 150 Å². The maximum atomic E-state index is 12.7. The van der Waals surface area contributed by atoms with Crippen LogP contribution >= 0.6 is 15.6 Å². The lowest BCUT2D eigenvalue weighted by Crippen LogP contribution is -2.15. The van der Waals surface area contributed by atoms with E-state index in [4.69, 9.17) is 22.4 Å². The predicted octanol–water partition coefficient (Wildman–Crippen LogP) is 3.65. The molecule has 0 aromatic carbocycles. The fourth-order valence-electron chi connectivity index (χ4n) is 1.33. The molecular weight excluding hydrogens is 374 g/mol. The number of rotatable bonds is 16. The number of hydrogen-bond donors (Lipinski definition) is 2. The third-order valence-electron chi connectivity index (χ3n) is 2.64. The van der Waals surface area contributed by atoms with Crippen molar-refractivity contribution in [3.05, 3.63) is 0 Å². The highest BCUT2D eigenvalue weighted by Crippen LogP contribution is 2.66. The summed E-state index contributed by atoms with van der Waals surface area (Å²) in [6.45, 7) is 6.11. The first-order valence-corrected chi connectivity index (χ1v) is 11.4. The average Bonchev–Trinajstić information content (AvgIpc) is 2.52. The average molecular weight is 406 g/mol. The molecule has 25 heavy (non-hydrogen) atoms. The third kappa shape index (κ3) is 13.1. The van der Waals surface area contributed by atoms with Crippen LogP contribution in [0, 0.1) is 0 Å². The van der Waals surface area contributed by atoms with Gasteiger partial charge in [0.05, 0.1) is 38.6 Å². The van der Waals surface area contributed by atoms with Gasteiger partial charge < -0.3 is 10.2 Å². The van der Waals surface area contributed by atoms with Crippen molar-refractivity contribution in [3.8, 4) is 0 Å². The van der Waals surface area contributed by atoms with Gasteiger partial charge in [-0.2, -0.15) is 4.31 Å². The Hall–Kier alpha value is 0.180. The molecule has 0 saturated carbocycles. The van der Waals surface area contributed by atoms with E-state index in [1.807, 2.05) is 13.8 Å². The minimum Gasteiger partial charge on any atom is -0.391 e. The highest BCUT2D eigenvalue weighted by Gasteiger charge is 2.41. The zero-order valence-electron chi connectivity index (χ0n) is 15.5. The van der Waals surface area contributed by atoms with E-state index >= 15 is 0 Å². The lowest BCUT2D eigenvalue weighted by Gasteiger charge is -2.24. The van der Waals surface area contributed by atoms with Crippen molar-refractivity contribution >= 4 is 15.6 Å². The molecule has 0 aromatic heterocycles. The first kappa shape index (κ1) is 25.2. The molecule has 0 rings (SSSR count). The molecular formula is C14H32O9P2. The summed E-state index contributed by atoms with van der Waals surface area (Å²) in [5.74, 6) is 0. The minimum absolute atomic E-state index is 0.0900. The topological polar surface area (TPSA) is 121 Å². The van der Waals surface area contributed by atoms with Crippen molar-refractivity contribution in [3.63, 3.8) is 0 Å². The van der Waals surface area contributed by atoms with Crippen LogP contribution in [0.2, 0.25) is 0 Å². The van der Waals surface area contributed by atoms with Crippen LogP contribution in [-0.2, 0) is 31.5 Å². The number of aliphatic hydroxyl groups excluding tert-OH is 2. The normalized spacial score (nSPS) is 17.2. The second-order valence-electron chi connectivity index (χ2n) is 5.64. The van der Waals surface area contributed by atoms with Gasteiger partial charge in [0.25, 0.3) is 0 Å². The number of hydrogen-bond acceptors (Lipinski definition) is 9. The van der Waals surface area contributed by atoms with Crippen LogP contribution in [-0.4, -0.2) is 48.8 Å². The molecule has 0 amide bonds. The number of phosphoric acid groups is 2. The van der Waals surface area contributed by atoms with Gasteiger partial charge in [0.1, 0.15) is 0 Å². The Balaban J connectivity index is 5.10. The van der Waals surface area contributed by atoms with Crippen LogP contribution in [0.25, 0.3) is 0 Å². The van der Waals surface area contributed by atoms with Gasteiger partial charge in [0.15, 0.2) is 0 Å². The van der Waals surface area contributed by atoms with Gasteiger partial charge in [-0.15, -0.1) is 0 Å². The van der Waals surface area contributed by atoms with E-state index in [-0.39, 0.29) is 26.4 Å². The van der Waals surface area contributed by atoms with Gasteiger partial charge in [0, 0.05) is 0 Å². The highest BCUT2D eigenvalue weighted by atomic mass is 31.3. The smallest absolute Gasteiger partial charge is 0.391 e. The molecule has 2 unspecified atom stereocenters. The zero-order valence-corrected chi connectivity index (χ0v) is 17.2. The molecule has 9 nitrogen and oxygen atoms in total. The molecule has 0 saturated heterocycles. The summed E-state index contributed by atoms with van der Waals surface area (Å²) in [5, 5.41) is 18.6. The standard InChI is InChI=1S/C14H32O9P2/c1-5-7-9-19-24(17,20-10-8-6-2)23-25(18,21-11-13(3)15)22-12-14(4)16/h13-16H,5-12H2,1-4H3. The maximum Gasteiger partial charge on any atom is 0.483 e. The summed E-state index contributed by atoms with van der Waals surface area (Å²) >= 11 is 0. The predicted molar refractivity (Wildman–Crippen MR) is 93.3 cm³/mol. The first-order valence-electron chi connectivity index (χ1n) is 8.52.